The van der Waals surface area contributed by atoms with Gasteiger partial charge in [0.1, 0.15) is 5.54 Å². The summed E-state index contributed by atoms with van der Waals surface area (Å²) in [6, 6.07) is 0.942. The molecule has 20 heavy (non-hydrogen) atoms. The summed E-state index contributed by atoms with van der Waals surface area (Å²) in [5, 5.41) is 3.36. The number of ether oxygens (including phenoxy) is 1. The number of esters is 1. The molecule has 0 bridgehead atoms. The second-order valence-corrected chi connectivity index (χ2v) is 6.55. The van der Waals surface area contributed by atoms with Crippen LogP contribution in [0.2, 0.25) is 0 Å². The SMILES string of the molecule is CCCNC(C)(CC(C)N(C)C(C)C1CC1)C(=O)OC. The van der Waals surface area contributed by atoms with E-state index in [9.17, 15) is 4.79 Å². The lowest BCUT2D eigenvalue weighted by molar-refractivity contribution is -0.148. The van der Waals surface area contributed by atoms with Crippen LogP contribution in [0.25, 0.3) is 0 Å². The quantitative estimate of drug-likeness (QED) is 0.660. The molecule has 1 saturated carbocycles. The van der Waals surface area contributed by atoms with E-state index < -0.39 is 5.54 Å². The van der Waals surface area contributed by atoms with Crippen LogP contribution in [0.4, 0.5) is 0 Å². The van der Waals surface area contributed by atoms with Gasteiger partial charge in [0.05, 0.1) is 7.11 Å². The molecule has 118 valence electrons. The molecular formula is C16H32N2O2. The fourth-order valence-corrected chi connectivity index (χ4v) is 2.90. The Morgan fingerprint density at radius 1 is 1.45 bits per heavy atom. The van der Waals surface area contributed by atoms with Crippen molar-refractivity contribution in [3.05, 3.63) is 0 Å². The standard InChI is InChI=1S/C16H32N2O2/c1-7-10-17-16(4,15(19)20-6)11-12(2)18(5)13(3)14-8-9-14/h12-14,17H,7-11H2,1-6H3. The van der Waals surface area contributed by atoms with Crippen molar-refractivity contribution in [1.82, 2.24) is 10.2 Å². The van der Waals surface area contributed by atoms with Crippen LogP contribution in [-0.2, 0) is 9.53 Å². The number of nitrogens with zero attached hydrogens (tertiary/aromatic N) is 1. The van der Waals surface area contributed by atoms with Crippen molar-refractivity contribution < 1.29 is 9.53 Å². The van der Waals surface area contributed by atoms with Crippen molar-refractivity contribution in [3.8, 4) is 0 Å². The third-order valence-corrected chi connectivity index (χ3v) is 4.75. The molecule has 4 nitrogen and oxygen atoms in total. The Morgan fingerprint density at radius 3 is 2.50 bits per heavy atom. The zero-order valence-electron chi connectivity index (χ0n) is 14.0. The Kier molecular flexibility index (Phi) is 6.46. The third kappa shape index (κ3) is 4.45. The maximum Gasteiger partial charge on any atom is 0.325 e. The normalized spacial score (nSPS) is 21.4. The first kappa shape index (κ1) is 17.4. The Balaban J connectivity index is 2.64. The molecule has 0 aromatic rings. The van der Waals surface area contributed by atoms with Gasteiger partial charge in [-0.05, 0) is 66.0 Å². The van der Waals surface area contributed by atoms with E-state index in [1.807, 2.05) is 6.92 Å². The minimum Gasteiger partial charge on any atom is -0.468 e. The summed E-state index contributed by atoms with van der Waals surface area (Å²) in [5.74, 6) is 0.681. The van der Waals surface area contributed by atoms with Crippen LogP contribution >= 0.6 is 0 Å². The first-order valence-corrected chi connectivity index (χ1v) is 7.91. The van der Waals surface area contributed by atoms with Gasteiger partial charge in [-0.1, -0.05) is 6.92 Å². The van der Waals surface area contributed by atoms with Crippen molar-refractivity contribution in [2.75, 3.05) is 20.7 Å². The number of methoxy groups -OCH3 is 1. The van der Waals surface area contributed by atoms with E-state index in [4.69, 9.17) is 4.74 Å². The van der Waals surface area contributed by atoms with Gasteiger partial charge in [-0.3, -0.25) is 4.79 Å². The molecule has 3 atom stereocenters. The van der Waals surface area contributed by atoms with Gasteiger partial charge in [-0.25, -0.2) is 0 Å². The van der Waals surface area contributed by atoms with Gasteiger partial charge < -0.3 is 15.0 Å². The van der Waals surface area contributed by atoms with Gasteiger partial charge >= 0.3 is 5.97 Å². The van der Waals surface area contributed by atoms with E-state index in [-0.39, 0.29) is 5.97 Å². The van der Waals surface area contributed by atoms with Crippen LogP contribution in [0.5, 0.6) is 0 Å². The lowest BCUT2D eigenvalue weighted by Gasteiger charge is -2.37. The number of hydrogen-bond acceptors (Lipinski definition) is 4. The van der Waals surface area contributed by atoms with E-state index >= 15 is 0 Å². The largest absolute Gasteiger partial charge is 0.468 e. The highest BCUT2D eigenvalue weighted by atomic mass is 16.5. The Morgan fingerprint density at radius 2 is 2.05 bits per heavy atom. The summed E-state index contributed by atoms with van der Waals surface area (Å²) in [6.45, 7) is 9.40. The highest BCUT2D eigenvalue weighted by Gasteiger charge is 2.38. The van der Waals surface area contributed by atoms with Crippen molar-refractivity contribution in [1.29, 1.82) is 0 Å². The Hall–Kier alpha value is -0.610. The minimum atomic E-state index is -0.596. The molecule has 4 heteroatoms. The number of rotatable bonds is 9. The summed E-state index contributed by atoms with van der Waals surface area (Å²) in [4.78, 5) is 14.5. The predicted octanol–water partition coefficient (Wildman–Crippen LogP) is 2.43. The Labute approximate surface area is 124 Å². The fraction of sp³-hybridized carbons (Fsp3) is 0.938. The first-order valence-electron chi connectivity index (χ1n) is 7.91. The summed E-state index contributed by atoms with van der Waals surface area (Å²) in [5.41, 5.74) is -0.596. The molecule has 0 saturated heterocycles. The van der Waals surface area contributed by atoms with Crippen molar-refractivity contribution in [2.45, 2.75) is 71.0 Å². The molecule has 0 amide bonds. The van der Waals surface area contributed by atoms with Crippen LogP contribution in [0.3, 0.4) is 0 Å². The Bertz CT molecular complexity index is 318. The monoisotopic (exact) mass is 284 g/mol. The first-order chi connectivity index (χ1) is 9.35. The van der Waals surface area contributed by atoms with E-state index in [1.165, 1.54) is 20.0 Å². The molecule has 0 heterocycles. The molecule has 0 aliphatic heterocycles. The third-order valence-electron chi connectivity index (χ3n) is 4.75. The van der Waals surface area contributed by atoms with Crippen molar-refractivity contribution in [2.24, 2.45) is 5.92 Å². The average molecular weight is 284 g/mol. The maximum atomic E-state index is 12.1. The van der Waals surface area contributed by atoms with Gasteiger partial charge in [0, 0.05) is 12.1 Å². The van der Waals surface area contributed by atoms with Gasteiger partial charge in [-0.15, -0.1) is 0 Å². The molecule has 1 fully saturated rings. The smallest absolute Gasteiger partial charge is 0.325 e. The predicted molar refractivity (Wildman–Crippen MR) is 82.7 cm³/mol. The van der Waals surface area contributed by atoms with E-state index in [2.05, 4.69) is 38.0 Å². The molecule has 0 spiro atoms. The average Bonchev–Trinajstić information content (AvgIpc) is 3.26. The number of hydrogen-bond donors (Lipinski definition) is 1. The van der Waals surface area contributed by atoms with Crippen molar-refractivity contribution >= 4 is 5.97 Å². The van der Waals surface area contributed by atoms with Gasteiger partial charge in [0.2, 0.25) is 0 Å². The lowest BCUT2D eigenvalue weighted by Crippen LogP contribution is -2.54. The second-order valence-electron chi connectivity index (χ2n) is 6.55. The zero-order valence-corrected chi connectivity index (χ0v) is 14.0. The summed E-state index contributed by atoms with van der Waals surface area (Å²) < 4.78 is 4.99. The van der Waals surface area contributed by atoms with E-state index in [0.29, 0.717) is 12.1 Å². The molecule has 0 aromatic carbocycles. The highest BCUT2D eigenvalue weighted by Crippen LogP contribution is 2.35. The van der Waals surface area contributed by atoms with E-state index in [1.54, 1.807) is 0 Å². The van der Waals surface area contributed by atoms with Crippen LogP contribution < -0.4 is 5.32 Å². The minimum absolute atomic E-state index is 0.162. The molecular weight excluding hydrogens is 252 g/mol. The molecule has 1 rings (SSSR count). The summed E-state index contributed by atoms with van der Waals surface area (Å²) in [6.07, 6.45) is 4.48. The van der Waals surface area contributed by atoms with Crippen LogP contribution in [-0.4, -0.2) is 49.2 Å². The molecule has 3 unspecified atom stereocenters. The summed E-state index contributed by atoms with van der Waals surface area (Å²) in [7, 11) is 3.64. The zero-order chi connectivity index (χ0) is 15.3. The molecule has 0 radical (unpaired) electrons. The molecule has 0 aromatic heterocycles. The van der Waals surface area contributed by atoms with Gasteiger partial charge in [0.25, 0.3) is 0 Å². The molecule has 1 aliphatic carbocycles. The number of nitrogens with one attached hydrogen (secondary N) is 1. The van der Waals surface area contributed by atoms with E-state index in [0.717, 1.165) is 25.3 Å². The highest BCUT2D eigenvalue weighted by molar-refractivity contribution is 5.80. The number of carbonyl (C=O) groups excluding carboxylic acids is 1. The van der Waals surface area contributed by atoms with Crippen LogP contribution in [0, 0.1) is 5.92 Å². The van der Waals surface area contributed by atoms with Crippen molar-refractivity contribution in [3.63, 3.8) is 0 Å². The fourth-order valence-electron chi connectivity index (χ4n) is 2.90. The topological polar surface area (TPSA) is 41.6 Å². The second kappa shape index (κ2) is 7.41. The maximum absolute atomic E-state index is 12.1. The van der Waals surface area contributed by atoms with Crippen LogP contribution in [0.1, 0.15) is 53.4 Å². The number of carbonyl (C=O) groups is 1. The lowest BCUT2D eigenvalue weighted by atomic mass is 9.92. The van der Waals surface area contributed by atoms with Crippen LogP contribution in [0.15, 0.2) is 0 Å². The van der Waals surface area contributed by atoms with Gasteiger partial charge in [-0.2, -0.15) is 0 Å². The van der Waals surface area contributed by atoms with Gasteiger partial charge in [0.15, 0.2) is 0 Å². The molecule has 1 N–H and O–H groups in total. The molecule has 1 aliphatic rings. The summed E-state index contributed by atoms with van der Waals surface area (Å²) >= 11 is 0.